The van der Waals surface area contributed by atoms with Crippen LogP contribution in [0, 0.1) is 0 Å². The molecule has 0 radical (unpaired) electrons. The maximum Gasteiger partial charge on any atom is 0.160 e. The fourth-order valence-corrected chi connectivity index (χ4v) is 2.98. The van der Waals surface area contributed by atoms with E-state index in [0.717, 1.165) is 25.1 Å². The molecular weight excluding hydrogens is 230 g/mol. The zero-order valence-electron chi connectivity index (χ0n) is 10.5. The summed E-state index contributed by atoms with van der Waals surface area (Å²) in [5.41, 5.74) is 2.35. The SMILES string of the molecule is COc1cc2c(cc1O)C[C@H]1CC(=O)CCN1C2. The number of carbonyl (C=O) groups is 1. The van der Waals surface area contributed by atoms with Crippen LogP contribution in [-0.4, -0.2) is 35.5 Å². The minimum atomic E-state index is 0.187. The van der Waals surface area contributed by atoms with Gasteiger partial charge in [-0.05, 0) is 29.7 Å². The van der Waals surface area contributed by atoms with Gasteiger partial charge >= 0.3 is 0 Å². The summed E-state index contributed by atoms with van der Waals surface area (Å²) in [7, 11) is 1.56. The summed E-state index contributed by atoms with van der Waals surface area (Å²) in [6.45, 7) is 1.70. The molecule has 1 saturated heterocycles. The van der Waals surface area contributed by atoms with Crippen LogP contribution in [0.5, 0.6) is 11.5 Å². The molecule has 0 unspecified atom stereocenters. The quantitative estimate of drug-likeness (QED) is 0.817. The number of Topliss-reactive ketones (excluding diaryl/α,β-unsaturated/α-hetero) is 1. The molecule has 2 heterocycles. The highest BCUT2D eigenvalue weighted by Crippen LogP contribution is 2.35. The first-order valence-electron chi connectivity index (χ1n) is 6.32. The second-order valence-electron chi connectivity index (χ2n) is 5.11. The second-order valence-corrected chi connectivity index (χ2v) is 5.11. The minimum absolute atomic E-state index is 0.187. The number of ketones is 1. The molecule has 0 bridgehead atoms. The fraction of sp³-hybridized carbons (Fsp3) is 0.500. The maximum absolute atomic E-state index is 11.5. The Hall–Kier alpha value is -1.55. The van der Waals surface area contributed by atoms with Gasteiger partial charge in [-0.25, -0.2) is 0 Å². The Bertz CT molecular complexity index is 498. The molecule has 3 rings (SSSR count). The van der Waals surface area contributed by atoms with Crippen LogP contribution in [0.4, 0.5) is 0 Å². The van der Waals surface area contributed by atoms with E-state index >= 15 is 0 Å². The standard InChI is InChI=1S/C14H17NO3/c1-18-14-6-10-8-15-3-2-12(16)7-11(15)4-9(10)5-13(14)17/h5-6,11,17H,2-4,7-8H2,1H3/t11-/m0/s1. The fourth-order valence-electron chi connectivity index (χ4n) is 2.98. The molecule has 1 atom stereocenters. The largest absolute Gasteiger partial charge is 0.504 e. The zero-order chi connectivity index (χ0) is 12.7. The lowest BCUT2D eigenvalue weighted by Crippen LogP contribution is -2.46. The topological polar surface area (TPSA) is 49.8 Å². The van der Waals surface area contributed by atoms with Crippen LogP contribution in [0.3, 0.4) is 0 Å². The molecule has 2 aliphatic rings. The normalized spacial score (nSPS) is 23.4. The number of piperidine rings is 1. The van der Waals surface area contributed by atoms with E-state index in [1.54, 1.807) is 13.2 Å². The lowest BCUT2D eigenvalue weighted by molar-refractivity contribution is -0.123. The number of carbonyl (C=O) groups excluding carboxylic acids is 1. The number of hydrogen-bond acceptors (Lipinski definition) is 4. The molecule has 0 spiro atoms. The summed E-state index contributed by atoms with van der Waals surface area (Å²) in [4.78, 5) is 13.9. The van der Waals surface area contributed by atoms with Crippen LogP contribution in [-0.2, 0) is 17.8 Å². The van der Waals surface area contributed by atoms with Gasteiger partial charge in [0.15, 0.2) is 11.5 Å². The van der Waals surface area contributed by atoms with Crippen LogP contribution in [0.2, 0.25) is 0 Å². The first kappa shape index (κ1) is 11.5. The van der Waals surface area contributed by atoms with Gasteiger partial charge in [0.25, 0.3) is 0 Å². The first-order chi connectivity index (χ1) is 8.67. The number of benzene rings is 1. The number of nitrogens with zero attached hydrogens (tertiary/aromatic N) is 1. The molecule has 96 valence electrons. The van der Waals surface area contributed by atoms with Gasteiger partial charge in [0.2, 0.25) is 0 Å². The Morgan fingerprint density at radius 2 is 2.17 bits per heavy atom. The molecule has 1 N–H and O–H groups in total. The molecule has 4 heteroatoms. The van der Waals surface area contributed by atoms with E-state index < -0.39 is 0 Å². The van der Waals surface area contributed by atoms with Crippen molar-refractivity contribution in [2.45, 2.75) is 31.8 Å². The van der Waals surface area contributed by atoms with Gasteiger partial charge in [0.1, 0.15) is 5.78 Å². The number of rotatable bonds is 1. The molecule has 1 aromatic rings. The van der Waals surface area contributed by atoms with E-state index in [2.05, 4.69) is 4.90 Å². The van der Waals surface area contributed by atoms with Crippen LogP contribution >= 0.6 is 0 Å². The number of phenols is 1. The van der Waals surface area contributed by atoms with Crippen LogP contribution in [0.25, 0.3) is 0 Å². The predicted octanol–water partition coefficient (Wildman–Crippen LogP) is 1.49. The Morgan fingerprint density at radius 3 is 2.94 bits per heavy atom. The van der Waals surface area contributed by atoms with Gasteiger partial charge in [-0.15, -0.1) is 0 Å². The van der Waals surface area contributed by atoms with Crippen molar-refractivity contribution in [3.63, 3.8) is 0 Å². The number of methoxy groups -OCH3 is 1. The van der Waals surface area contributed by atoms with Crippen molar-refractivity contribution in [3.8, 4) is 11.5 Å². The summed E-state index contributed by atoms with van der Waals surface area (Å²) >= 11 is 0. The van der Waals surface area contributed by atoms with Crippen molar-refractivity contribution < 1.29 is 14.6 Å². The average molecular weight is 247 g/mol. The monoisotopic (exact) mass is 247 g/mol. The molecule has 4 nitrogen and oxygen atoms in total. The Labute approximate surface area is 106 Å². The molecule has 0 saturated carbocycles. The van der Waals surface area contributed by atoms with Gasteiger partial charge < -0.3 is 9.84 Å². The van der Waals surface area contributed by atoms with Gasteiger partial charge in [-0.1, -0.05) is 0 Å². The first-order valence-corrected chi connectivity index (χ1v) is 6.32. The number of aromatic hydroxyl groups is 1. The number of hydrogen-bond donors (Lipinski definition) is 1. The number of ether oxygens (including phenoxy) is 1. The van der Waals surface area contributed by atoms with E-state index in [4.69, 9.17) is 4.74 Å². The smallest absolute Gasteiger partial charge is 0.160 e. The number of fused-ring (bicyclic) bond motifs is 2. The van der Waals surface area contributed by atoms with Gasteiger partial charge in [-0.3, -0.25) is 9.69 Å². The Kier molecular flexibility index (Phi) is 2.74. The molecule has 0 aliphatic carbocycles. The average Bonchev–Trinajstić information content (AvgIpc) is 2.35. The van der Waals surface area contributed by atoms with Crippen LogP contribution in [0.1, 0.15) is 24.0 Å². The van der Waals surface area contributed by atoms with Crippen molar-refractivity contribution in [1.29, 1.82) is 0 Å². The van der Waals surface area contributed by atoms with Crippen molar-refractivity contribution >= 4 is 5.78 Å². The summed E-state index contributed by atoms with van der Waals surface area (Å²) < 4.78 is 5.14. The van der Waals surface area contributed by atoms with E-state index in [1.165, 1.54) is 5.56 Å². The Morgan fingerprint density at radius 1 is 1.33 bits per heavy atom. The van der Waals surface area contributed by atoms with Crippen molar-refractivity contribution in [3.05, 3.63) is 23.3 Å². The van der Waals surface area contributed by atoms with Crippen molar-refractivity contribution in [1.82, 2.24) is 4.90 Å². The van der Waals surface area contributed by atoms with E-state index in [1.807, 2.05) is 6.07 Å². The molecule has 2 aliphatic heterocycles. The molecule has 1 fully saturated rings. The van der Waals surface area contributed by atoms with Crippen LogP contribution < -0.4 is 4.74 Å². The van der Waals surface area contributed by atoms with Gasteiger partial charge in [0.05, 0.1) is 7.11 Å². The maximum atomic E-state index is 11.5. The third-order valence-corrected chi connectivity index (χ3v) is 3.99. The Balaban J connectivity index is 1.93. The molecular formula is C14H17NO3. The summed E-state index contributed by atoms with van der Waals surface area (Å²) in [5.74, 6) is 1.07. The highest BCUT2D eigenvalue weighted by Gasteiger charge is 2.32. The summed E-state index contributed by atoms with van der Waals surface area (Å²) in [5, 5.41) is 9.81. The van der Waals surface area contributed by atoms with Gasteiger partial charge in [0, 0.05) is 32.0 Å². The number of phenolic OH excluding ortho intramolecular Hbond substituents is 1. The molecule has 1 aromatic carbocycles. The van der Waals surface area contributed by atoms with E-state index in [-0.39, 0.29) is 5.75 Å². The predicted molar refractivity (Wildman–Crippen MR) is 66.8 cm³/mol. The molecule has 0 aromatic heterocycles. The molecule has 0 amide bonds. The summed E-state index contributed by atoms with van der Waals surface area (Å²) in [6, 6.07) is 4.01. The molecule has 18 heavy (non-hydrogen) atoms. The van der Waals surface area contributed by atoms with Crippen molar-refractivity contribution in [2.24, 2.45) is 0 Å². The van der Waals surface area contributed by atoms with E-state index in [0.29, 0.717) is 30.4 Å². The van der Waals surface area contributed by atoms with E-state index in [9.17, 15) is 9.90 Å². The minimum Gasteiger partial charge on any atom is -0.504 e. The third kappa shape index (κ3) is 1.86. The zero-order valence-corrected chi connectivity index (χ0v) is 10.5. The van der Waals surface area contributed by atoms with Crippen molar-refractivity contribution in [2.75, 3.05) is 13.7 Å². The van der Waals surface area contributed by atoms with Gasteiger partial charge in [-0.2, -0.15) is 0 Å². The lowest BCUT2D eigenvalue weighted by atomic mass is 9.88. The van der Waals surface area contributed by atoms with Crippen LogP contribution in [0.15, 0.2) is 12.1 Å². The highest BCUT2D eigenvalue weighted by atomic mass is 16.5. The third-order valence-electron chi connectivity index (χ3n) is 3.99. The second kappa shape index (κ2) is 4.28. The summed E-state index contributed by atoms with van der Waals surface area (Å²) in [6.07, 6.45) is 2.16. The highest BCUT2D eigenvalue weighted by molar-refractivity contribution is 5.80. The lowest BCUT2D eigenvalue weighted by Gasteiger charge is -2.39.